The molecule has 0 heterocycles. The monoisotopic (exact) mass is 475 g/mol. The van der Waals surface area contributed by atoms with Crippen molar-refractivity contribution in [3.63, 3.8) is 0 Å². The van der Waals surface area contributed by atoms with Crippen LogP contribution in [0.5, 0.6) is 17.2 Å². The van der Waals surface area contributed by atoms with Gasteiger partial charge in [-0.2, -0.15) is 0 Å². The van der Waals surface area contributed by atoms with Crippen molar-refractivity contribution in [2.24, 2.45) is 0 Å². The minimum absolute atomic E-state index is 0.0476. The SMILES string of the molecule is COc1ccc(C(=O)COC(=O)CCCC(=O)Nc2ccc(Oc3cc(C)ccc3C)cc2)cc1. The summed E-state index contributed by atoms with van der Waals surface area (Å²) in [5.74, 6) is 1.06. The zero-order chi connectivity index (χ0) is 25.2. The average molecular weight is 476 g/mol. The molecule has 1 amide bonds. The van der Waals surface area contributed by atoms with Gasteiger partial charge in [0.15, 0.2) is 12.4 Å². The number of rotatable bonds is 11. The Hall–Kier alpha value is -4.13. The van der Waals surface area contributed by atoms with Crippen molar-refractivity contribution in [2.45, 2.75) is 33.1 Å². The molecular formula is C28H29NO6. The van der Waals surface area contributed by atoms with E-state index >= 15 is 0 Å². The Morgan fingerprint density at radius 1 is 0.829 bits per heavy atom. The third kappa shape index (κ3) is 7.99. The summed E-state index contributed by atoms with van der Waals surface area (Å²) in [4.78, 5) is 36.2. The van der Waals surface area contributed by atoms with Gasteiger partial charge >= 0.3 is 5.97 Å². The lowest BCUT2D eigenvalue weighted by atomic mass is 10.1. The molecule has 0 aliphatic carbocycles. The van der Waals surface area contributed by atoms with E-state index in [9.17, 15) is 14.4 Å². The number of hydrogen-bond acceptors (Lipinski definition) is 6. The number of aryl methyl sites for hydroxylation is 2. The topological polar surface area (TPSA) is 90.9 Å². The molecule has 7 heteroatoms. The van der Waals surface area contributed by atoms with Crippen LogP contribution in [-0.4, -0.2) is 31.4 Å². The first-order valence-corrected chi connectivity index (χ1v) is 11.3. The molecule has 35 heavy (non-hydrogen) atoms. The van der Waals surface area contributed by atoms with E-state index in [1.807, 2.05) is 32.0 Å². The number of esters is 1. The predicted molar refractivity (Wildman–Crippen MR) is 133 cm³/mol. The molecule has 3 aromatic carbocycles. The molecule has 0 saturated heterocycles. The quantitative estimate of drug-likeness (QED) is 0.285. The van der Waals surface area contributed by atoms with E-state index in [0.717, 1.165) is 16.9 Å². The van der Waals surface area contributed by atoms with E-state index in [-0.39, 0.29) is 31.1 Å². The second-order valence-corrected chi connectivity index (χ2v) is 8.11. The van der Waals surface area contributed by atoms with E-state index in [4.69, 9.17) is 14.2 Å². The normalized spacial score (nSPS) is 10.4. The molecule has 0 spiro atoms. The minimum Gasteiger partial charge on any atom is -0.497 e. The van der Waals surface area contributed by atoms with Crippen LogP contribution in [0.4, 0.5) is 5.69 Å². The first-order valence-electron chi connectivity index (χ1n) is 11.3. The van der Waals surface area contributed by atoms with Crippen LogP contribution in [-0.2, 0) is 14.3 Å². The van der Waals surface area contributed by atoms with Gasteiger partial charge in [0.25, 0.3) is 0 Å². The van der Waals surface area contributed by atoms with Gasteiger partial charge in [0.05, 0.1) is 7.11 Å². The van der Waals surface area contributed by atoms with Crippen LogP contribution in [0.2, 0.25) is 0 Å². The third-order valence-corrected chi connectivity index (χ3v) is 5.27. The Bertz CT molecular complexity index is 1170. The molecule has 0 aliphatic heterocycles. The first-order chi connectivity index (χ1) is 16.8. The molecule has 0 unspecified atom stereocenters. The van der Waals surface area contributed by atoms with Crippen molar-refractivity contribution >= 4 is 23.3 Å². The Morgan fingerprint density at radius 2 is 1.51 bits per heavy atom. The van der Waals surface area contributed by atoms with Gasteiger partial charge in [0.1, 0.15) is 17.2 Å². The van der Waals surface area contributed by atoms with Gasteiger partial charge in [-0.15, -0.1) is 0 Å². The number of benzene rings is 3. The highest BCUT2D eigenvalue weighted by molar-refractivity contribution is 5.98. The summed E-state index contributed by atoms with van der Waals surface area (Å²) in [7, 11) is 1.54. The lowest BCUT2D eigenvalue weighted by Crippen LogP contribution is -2.15. The number of hydrogen-bond donors (Lipinski definition) is 1. The standard InChI is InChI=1S/C28H29NO6/c1-19-7-8-20(2)26(17-19)35-24-15-11-22(12-16-24)29-27(31)5-4-6-28(32)34-18-25(30)21-9-13-23(33-3)14-10-21/h7-17H,4-6,18H2,1-3H3,(H,29,31). The molecule has 0 fully saturated rings. The van der Waals surface area contributed by atoms with Crippen LogP contribution in [0.15, 0.2) is 66.7 Å². The van der Waals surface area contributed by atoms with Crippen LogP contribution < -0.4 is 14.8 Å². The van der Waals surface area contributed by atoms with Crippen LogP contribution in [0, 0.1) is 13.8 Å². The zero-order valence-electron chi connectivity index (χ0n) is 20.1. The maximum absolute atomic E-state index is 12.2. The summed E-state index contributed by atoms with van der Waals surface area (Å²) in [6.07, 6.45) is 0.517. The summed E-state index contributed by atoms with van der Waals surface area (Å²) >= 11 is 0. The van der Waals surface area contributed by atoms with Gasteiger partial charge in [0.2, 0.25) is 5.91 Å². The van der Waals surface area contributed by atoms with Crippen LogP contribution >= 0.6 is 0 Å². The predicted octanol–water partition coefficient (Wildman–Crippen LogP) is 5.64. The van der Waals surface area contributed by atoms with Crippen molar-refractivity contribution < 1.29 is 28.6 Å². The van der Waals surface area contributed by atoms with Gasteiger partial charge in [0, 0.05) is 24.1 Å². The summed E-state index contributed by atoms with van der Waals surface area (Å²) in [5, 5.41) is 2.80. The maximum atomic E-state index is 12.2. The van der Waals surface area contributed by atoms with E-state index in [1.165, 1.54) is 7.11 Å². The number of Topliss-reactive ketones (excluding diaryl/α,β-unsaturated/α-hetero) is 1. The van der Waals surface area contributed by atoms with E-state index in [0.29, 0.717) is 29.2 Å². The average Bonchev–Trinajstić information content (AvgIpc) is 2.86. The molecule has 3 aromatic rings. The van der Waals surface area contributed by atoms with Gasteiger partial charge in [-0.1, -0.05) is 12.1 Å². The number of methoxy groups -OCH3 is 1. The van der Waals surface area contributed by atoms with Crippen molar-refractivity contribution in [1.29, 1.82) is 0 Å². The summed E-state index contributed by atoms with van der Waals surface area (Å²) in [5.41, 5.74) is 3.22. The summed E-state index contributed by atoms with van der Waals surface area (Å²) in [6, 6.07) is 19.7. The fourth-order valence-corrected chi connectivity index (χ4v) is 3.25. The smallest absolute Gasteiger partial charge is 0.306 e. The Labute approximate surface area is 205 Å². The van der Waals surface area contributed by atoms with Crippen LogP contribution in [0.25, 0.3) is 0 Å². The number of amides is 1. The largest absolute Gasteiger partial charge is 0.497 e. The maximum Gasteiger partial charge on any atom is 0.306 e. The summed E-state index contributed by atoms with van der Waals surface area (Å²) < 4.78 is 16.0. The molecule has 0 bridgehead atoms. The van der Waals surface area contributed by atoms with Crippen molar-refractivity contribution in [1.82, 2.24) is 0 Å². The van der Waals surface area contributed by atoms with Gasteiger partial charge in [-0.3, -0.25) is 14.4 Å². The van der Waals surface area contributed by atoms with Gasteiger partial charge < -0.3 is 19.5 Å². The molecule has 0 aromatic heterocycles. The van der Waals surface area contributed by atoms with E-state index < -0.39 is 5.97 Å². The molecule has 1 N–H and O–H groups in total. The first kappa shape index (κ1) is 25.5. The Balaban J connectivity index is 1.37. The zero-order valence-corrected chi connectivity index (χ0v) is 20.1. The molecule has 0 radical (unpaired) electrons. The van der Waals surface area contributed by atoms with Crippen molar-refractivity contribution in [3.05, 3.63) is 83.4 Å². The molecule has 0 aliphatic rings. The second-order valence-electron chi connectivity index (χ2n) is 8.11. The van der Waals surface area contributed by atoms with Gasteiger partial charge in [-0.05, 0) is 86.0 Å². The van der Waals surface area contributed by atoms with E-state index in [1.54, 1.807) is 48.5 Å². The van der Waals surface area contributed by atoms with Crippen molar-refractivity contribution in [2.75, 3.05) is 19.0 Å². The molecular weight excluding hydrogens is 446 g/mol. The highest BCUT2D eigenvalue weighted by Gasteiger charge is 2.11. The second kappa shape index (κ2) is 12.4. The lowest BCUT2D eigenvalue weighted by molar-refractivity contribution is -0.142. The Kier molecular flexibility index (Phi) is 9.01. The fourth-order valence-electron chi connectivity index (χ4n) is 3.25. The highest BCUT2D eigenvalue weighted by atomic mass is 16.5. The van der Waals surface area contributed by atoms with Crippen LogP contribution in [0.3, 0.4) is 0 Å². The number of carbonyl (C=O) groups is 3. The Morgan fingerprint density at radius 3 is 2.20 bits per heavy atom. The fraction of sp³-hybridized carbons (Fsp3) is 0.250. The molecule has 7 nitrogen and oxygen atoms in total. The lowest BCUT2D eigenvalue weighted by Gasteiger charge is -2.11. The highest BCUT2D eigenvalue weighted by Crippen LogP contribution is 2.27. The molecule has 3 rings (SSSR count). The number of ether oxygens (including phenoxy) is 3. The van der Waals surface area contributed by atoms with Gasteiger partial charge in [-0.25, -0.2) is 0 Å². The number of anilines is 1. The summed E-state index contributed by atoms with van der Waals surface area (Å²) in [6.45, 7) is 3.65. The minimum atomic E-state index is -0.521. The number of carbonyl (C=O) groups excluding carboxylic acids is 3. The van der Waals surface area contributed by atoms with Crippen LogP contribution in [0.1, 0.15) is 40.7 Å². The molecule has 0 atom stereocenters. The third-order valence-electron chi connectivity index (χ3n) is 5.27. The molecule has 182 valence electrons. The van der Waals surface area contributed by atoms with E-state index in [2.05, 4.69) is 5.32 Å². The van der Waals surface area contributed by atoms with Crippen molar-refractivity contribution in [3.8, 4) is 17.2 Å². The number of ketones is 1. The molecule has 0 saturated carbocycles. The number of nitrogens with one attached hydrogen (secondary N) is 1.